The van der Waals surface area contributed by atoms with Crippen LogP contribution in [0.25, 0.3) is 0 Å². The largest absolute Gasteiger partial charge is 0.348 e. The van der Waals surface area contributed by atoms with Crippen LogP contribution in [0.3, 0.4) is 0 Å². The molecule has 2 aliphatic rings. The minimum atomic E-state index is -0.851. The van der Waals surface area contributed by atoms with Gasteiger partial charge in [0.2, 0.25) is 0 Å². The van der Waals surface area contributed by atoms with Gasteiger partial charge < -0.3 is 9.47 Å². The molecular weight excluding hydrogens is 370 g/mol. The molecule has 1 aliphatic carbocycles. The first kappa shape index (κ1) is 22.7. The molecule has 0 unspecified atom stereocenters. The first-order chi connectivity index (χ1) is 14.2. The standard InChI is InChI=1S/C25H38F2O2/c1-2-3-4-5-6-7-8-9-19-10-12-20(13-11-19)22-17-28-25(29-18-22)21-14-15-23(26)24(27)16-21/h14-16,19-20,22,25H,2-13,17-18H2,1H3/t19-,20-,22-,25-. The number of unbranched alkanes of at least 4 members (excludes halogenated alkanes) is 6. The molecule has 0 amide bonds. The Morgan fingerprint density at radius 3 is 2.10 bits per heavy atom. The molecule has 4 heteroatoms. The zero-order valence-electron chi connectivity index (χ0n) is 18.0. The van der Waals surface area contributed by atoms with Gasteiger partial charge >= 0.3 is 0 Å². The van der Waals surface area contributed by atoms with E-state index in [9.17, 15) is 8.78 Å². The van der Waals surface area contributed by atoms with Crippen LogP contribution in [0.2, 0.25) is 0 Å². The molecule has 1 saturated heterocycles. The SMILES string of the molecule is CCCCCCCCC[C@H]1CC[C@H]([C@H]2CO[C@H](c3ccc(F)c(F)c3)OC2)CC1. The van der Waals surface area contributed by atoms with E-state index in [1.165, 1.54) is 83.1 Å². The molecular formula is C25H38F2O2. The third kappa shape index (κ3) is 7.03. The highest BCUT2D eigenvalue weighted by Gasteiger charge is 2.32. The number of hydrogen-bond donors (Lipinski definition) is 0. The lowest BCUT2D eigenvalue weighted by atomic mass is 9.74. The van der Waals surface area contributed by atoms with E-state index in [4.69, 9.17) is 9.47 Å². The van der Waals surface area contributed by atoms with E-state index in [0.29, 0.717) is 30.6 Å². The number of benzene rings is 1. The van der Waals surface area contributed by atoms with Crippen molar-refractivity contribution in [2.75, 3.05) is 13.2 Å². The van der Waals surface area contributed by atoms with Gasteiger partial charge in [-0.3, -0.25) is 0 Å². The van der Waals surface area contributed by atoms with Crippen molar-refractivity contribution in [2.45, 2.75) is 90.3 Å². The van der Waals surface area contributed by atoms with Gasteiger partial charge in [-0.25, -0.2) is 8.78 Å². The summed E-state index contributed by atoms with van der Waals surface area (Å²) in [6.07, 6.45) is 15.8. The summed E-state index contributed by atoms with van der Waals surface area (Å²) in [6.45, 7) is 3.57. The molecule has 3 rings (SSSR count). The first-order valence-electron chi connectivity index (χ1n) is 11.9. The second-order valence-corrected chi connectivity index (χ2v) is 9.12. The van der Waals surface area contributed by atoms with Gasteiger partial charge in [0.25, 0.3) is 0 Å². The summed E-state index contributed by atoms with van der Waals surface area (Å²) in [5.41, 5.74) is 0.556. The molecule has 2 fully saturated rings. The van der Waals surface area contributed by atoms with Gasteiger partial charge in [0.05, 0.1) is 13.2 Å². The lowest BCUT2D eigenvalue weighted by Gasteiger charge is -2.38. The maximum atomic E-state index is 13.4. The Morgan fingerprint density at radius 1 is 0.793 bits per heavy atom. The van der Waals surface area contributed by atoms with Crippen LogP contribution in [0.15, 0.2) is 18.2 Å². The van der Waals surface area contributed by atoms with Crippen LogP contribution in [0.4, 0.5) is 8.78 Å². The molecule has 0 aromatic heterocycles. The van der Waals surface area contributed by atoms with Crippen molar-refractivity contribution in [3.8, 4) is 0 Å². The predicted octanol–water partition coefficient (Wildman–Crippen LogP) is 7.57. The average Bonchev–Trinajstić information content (AvgIpc) is 2.76. The van der Waals surface area contributed by atoms with Crippen LogP contribution in [-0.4, -0.2) is 13.2 Å². The molecule has 0 spiro atoms. The molecule has 0 bridgehead atoms. The third-order valence-electron chi connectivity index (χ3n) is 6.91. The van der Waals surface area contributed by atoms with Crippen LogP contribution in [0.1, 0.15) is 95.8 Å². The van der Waals surface area contributed by atoms with Gasteiger partial charge in [-0.2, -0.15) is 0 Å². The highest BCUT2D eigenvalue weighted by Crippen LogP contribution is 2.38. The lowest BCUT2D eigenvalue weighted by molar-refractivity contribution is -0.214. The Balaban J connectivity index is 1.30. The highest BCUT2D eigenvalue weighted by molar-refractivity contribution is 5.19. The van der Waals surface area contributed by atoms with Crippen molar-refractivity contribution < 1.29 is 18.3 Å². The average molecular weight is 409 g/mol. The minimum absolute atomic E-state index is 0.427. The summed E-state index contributed by atoms with van der Waals surface area (Å²) in [5, 5.41) is 0. The fourth-order valence-corrected chi connectivity index (χ4v) is 4.98. The number of rotatable bonds is 10. The zero-order chi connectivity index (χ0) is 20.5. The van der Waals surface area contributed by atoms with Crippen molar-refractivity contribution in [3.63, 3.8) is 0 Å². The van der Waals surface area contributed by atoms with Gasteiger partial charge in [0.1, 0.15) is 0 Å². The van der Waals surface area contributed by atoms with E-state index >= 15 is 0 Å². The van der Waals surface area contributed by atoms with Gasteiger partial charge in [-0.1, -0.05) is 77.2 Å². The summed E-state index contributed by atoms with van der Waals surface area (Å²) in [6, 6.07) is 3.85. The topological polar surface area (TPSA) is 18.5 Å². The quantitative estimate of drug-likeness (QED) is 0.372. The van der Waals surface area contributed by atoms with Gasteiger partial charge in [-0.05, 0) is 36.8 Å². The fourth-order valence-electron chi connectivity index (χ4n) is 4.98. The third-order valence-corrected chi connectivity index (χ3v) is 6.91. The number of halogens is 2. The Kier molecular flexibility index (Phi) is 9.38. The van der Waals surface area contributed by atoms with Gasteiger partial charge in [0.15, 0.2) is 17.9 Å². The second kappa shape index (κ2) is 12.0. The van der Waals surface area contributed by atoms with E-state index in [1.807, 2.05) is 0 Å². The Bertz CT molecular complexity index is 590. The predicted molar refractivity (Wildman–Crippen MR) is 113 cm³/mol. The molecule has 1 aliphatic heterocycles. The van der Waals surface area contributed by atoms with Crippen LogP contribution >= 0.6 is 0 Å². The molecule has 2 nitrogen and oxygen atoms in total. The van der Waals surface area contributed by atoms with E-state index in [1.54, 1.807) is 6.07 Å². The molecule has 1 aromatic carbocycles. The number of hydrogen-bond acceptors (Lipinski definition) is 2. The van der Waals surface area contributed by atoms with Crippen molar-refractivity contribution in [3.05, 3.63) is 35.4 Å². The Labute approximate surface area is 175 Å². The maximum absolute atomic E-state index is 13.4. The maximum Gasteiger partial charge on any atom is 0.183 e. The zero-order valence-corrected chi connectivity index (χ0v) is 18.0. The molecule has 164 valence electrons. The van der Waals surface area contributed by atoms with Crippen LogP contribution in [0.5, 0.6) is 0 Å². The second-order valence-electron chi connectivity index (χ2n) is 9.12. The highest BCUT2D eigenvalue weighted by atomic mass is 19.2. The molecule has 1 heterocycles. The Hall–Kier alpha value is -1.00. The molecule has 0 N–H and O–H groups in total. The Morgan fingerprint density at radius 2 is 1.45 bits per heavy atom. The lowest BCUT2D eigenvalue weighted by Crippen LogP contribution is -2.34. The summed E-state index contributed by atoms with van der Waals surface area (Å²) in [7, 11) is 0. The van der Waals surface area contributed by atoms with E-state index < -0.39 is 17.9 Å². The summed E-state index contributed by atoms with van der Waals surface area (Å²) < 4.78 is 38.3. The first-order valence-corrected chi connectivity index (χ1v) is 11.9. The summed E-state index contributed by atoms with van der Waals surface area (Å²) >= 11 is 0. The van der Waals surface area contributed by atoms with E-state index in [0.717, 1.165) is 12.0 Å². The van der Waals surface area contributed by atoms with Gasteiger partial charge in [0, 0.05) is 11.5 Å². The molecule has 0 atom stereocenters. The van der Waals surface area contributed by atoms with E-state index in [-0.39, 0.29) is 0 Å². The van der Waals surface area contributed by atoms with Crippen molar-refractivity contribution in [2.24, 2.45) is 17.8 Å². The molecule has 29 heavy (non-hydrogen) atoms. The molecule has 0 radical (unpaired) electrons. The van der Waals surface area contributed by atoms with Crippen molar-refractivity contribution >= 4 is 0 Å². The summed E-state index contributed by atoms with van der Waals surface area (Å²) in [5.74, 6) is 0.316. The fraction of sp³-hybridized carbons (Fsp3) is 0.760. The van der Waals surface area contributed by atoms with Gasteiger partial charge in [-0.15, -0.1) is 0 Å². The minimum Gasteiger partial charge on any atom is -0.348 e. The van der Waals surface area contributed by atoms with Crippen LogP contribution < -0.4 is 0 Å². The molecule has 1 saturated carbocycles. The summed E-state index contributed by atoms with van der Waals surface area (Å²) in [4.78, 5) is 0. The van der Waals surface area contributed by atoms with Crippen molar-refractivity contribution in [1.82, 2.24) is 0 Å². The van der Waals surface area contributed by atoms with Crippen molar-refractivity contribution in [1.29, 1.82) is 0 Å². The normalized spacial score (nSPS) is 27.8. The van der Waals surface area contributed by atoms with Crippen LogP contribution in [0, 0.1) is 29.4 Å². The van der Waals surface area contributed by atoms with E-state index in [2.05, 4.69) is 6.92 Å². The van der Waals surface area contributed by atoms with Crippen LogP contribution in [-0.2, 0) is 9.47 Å². The monoisotopic (exact) mass is 408 g/mol. The number of ether oxygens (including phenoxy) is 2. The smallest absolute Gasteiger partial charge is 0.183 e. The molecule has 1 aromatic rings.